The summed E-state index contributed by atoms with van der Waals surface area (Å²) in [5.41, 5.74) is 6.73. The molecule has 5 nitrogen and oxygen atoms in total. The minimum atomic E-state index is -3.87. The van der Waals surface area contributed by atoms with Gasteiger partial charge >= 0.3 is 0 Å². The Balaban J connectivity index is 2.33. The highest BCUT2D eigenvalue weighted by atomic mass is 35.5. The predicted octanol–water partition coefficient (Wildman–Crippen LogP) is 2.93. The van der Waals surface area contributed by atoms with Crippen LogP contribution in [0.2, 0.25) is 5.02 Å². The largest absolute Gasteiger partial charge is 0.322 e. The van der Waals surface area contributed by atoms with Crippen LogP contribution in [-0.4, -0.2) is 20.3 Å². The van der Waals surface area contributed by atoms with Crippen LogP contribution in [0, 0.1) is 0 Å². The number of rotatable bonds is 2. The molecule has 0 amide bonds. The molecule has 0 bridgehead atoms. The van der Waals surface area contributed by atoms with Crippen molar-refractivity contribution in [3.8, 4) is 0 Å². The first-order chi connectivity index (χ1) is 10.4. The molecule has 0 saturated carbocycles. The molecular formula is C15H14ClN3O2S. The summed E-state index contributed by atoms with van der Waals surface area (Å²) in [6, 6.07) is 13.0. The smallest absolute Gasteiger partial charge is 0.273 e. The summed E-state index contributed by atoms with van der Waals surface area (Å²) in [6.07, 6.45) is 0. The molecule has 1 aliphatic heterocycles. The fourth-order valence-corrected chi connectivity index (χ4v) is 4.53. The van der Waals surface area contributed by atoms with Gasteiger partial charge in [-0.3, -0.25) is 0 Å². The first-order valence-electron chi connectivity index (χ1n) is 6.66. The fourth-order valence-electron chi connectivity index (χ4n) is 2.35. The van der Waals surface area contributed by atoms with Crippen molar-refractivity contribution >= 4 is 38.8 Å². The van der Waals surface area contributed by atoms with Crippen molar-refractivity contribution in [2.24, 2.45) is 10.7 Å². The number of hydrogen-bond acceptors (Lipinski definition) is 4. The highest BCUT2D eigenvalue weighted by Gasteiger charge is 2.38. The second kappa shape index (κ2) is 5.39. The summed E-state index contributed by atoms with van der Waals surface area (Å²) in [7, 11) is -3.87. The molecule has 0 unspecified atom stereocenters. The molecule has 7 heteroatoms. The molecule has 0 aliphatic carbocycles. The third-order valence-corrected chi connectivity index (χ3v) is 5.54. The number of aliphatic imine (C=N–C) groups is 1. The molecule has 1 heterocycles. The molecule has 1 atom stereocenters. The lowest BCUT2D eigenvalue weighted by molar-refractivity contribution is 0.595. The van der Waals surface area contributed by atoms with Gasteiger partial charge in [-0.1, -0.05) is 35.9 Å². The van der Waals surface area contributed by atoms with Gasteiger partial charge < -0.3 is 5.73 Å². The number of anilines is 1. The van der Waals surface area contributed by atoms with Crippen LogP contribution in [0.4, 0.5) is 11.4 Å². The van der Waals surface area contributed by atoms with Crippen LogP contribution in [0.3, 0.4) is 0 Å². The van der Waals surface area contributed by atoms with Gasteiger partial charge in [0.25, 0.3) is 10.0 Å². The van der Waals surface area contributed by atoms with E-state index >= 15 is 0 Å². The first kappa shape index (κ1) is 15.0. The van der Waals surface area contributed by atoms with Gasteiger partial charge in [0, 0.05) is 0 Å². The van der Waals surface area contributed by atoms with Gasteiger partial charge in [0.1, 0.15) is 10.7 Å². The number of fused-ring (bicyclic) bond motifs is 1. The van der Waals surface area contributed by atoms with Crippen LogP contribution in [0.1, 0.15) is 6.92 Å². The Bertz CT molecular complexity index is 848. The minimum absolute atomic E-state index is 0.00456. The molecule has 0 fully saturated rings. The van der Waals surface area contributed by atoms with E-state index in [9.17, 15) is 8.42 Å². The Morgan fingerprint density at radius 2 is 1.82 bits per heavy atom. The molecule has 0 radical (unpaired) electrons. The van der Waals surface area contributed by atoms with E-state index in [1.54, 1.807) is 43.3 Å². The molecule has 114 valence electrons. The maximum Gasteiger partial charge on any atom is 0.273 e. The lowest BCUT2D eigenvalue weighted by Crippen LogP contribution is -2.47. The molecule has 0 saturated heterocycles. The molecule has 1 aliphatic rings. The van der Waals surface area contributed by atoms with E-state index in [0.29, 0.717) is 11.4 Å². The Labute approximate surface area is 134 Å². The molecule has 22 heavy (non-hydrogen) atoms. The number of benzene rings is 2. The fraction of sp³-hybridized carbons (Fsp3) is 0.133. The zero-order chi connectivity index (χ0) is 15.9. The molecular weight excluding hydrogens is 322 g/mol. The Kier molecular flexibility index (Phi) is 3.68. The van der Waals surface area contributed by atoms with Crippen LogP contribution < -0.4 is 10.0 Å². The topological polar surface area (TPSA) is 75.8 Å². The number of halogens is 1. The number of nitrogens with zero attached hydrogens (tertiary/aromatic N) is 2. The van der Waals surface area contributed by atoms with Crippen molar-refractivity contribution in [2.45, 2.75) is 17.9 Å². The van der Waals surface area contributed by atoms with Gasteiger partial charge in [-0.25, -0.2) is 17.7 Å². The first-order valence-corrected chi connectivity index (χ1v) is 8.48. The second-order valence-electron chi connectivity index (χ2n) is 4.95. The lowest BCUT2D eigenvalue weighted by atomic mass is 10.2. The predicted molar refractivity (Wildman–Crippen MR) is 88.3 cm³/mol. The number of para-hydroxylation sites is 1. The summed E-state index contributed by atoms with van der Waals surface area (Å²) in [6.45, 7) is 1.69. The molecule has 2 aromatic rings. The number of hydrogen-bond donors (Lipinski definition) is 1. The van der Waals surface area contributed by atoms with E-state index < -0.39 is 16.1 Å². The van der Waals surface area contributed by atoms with Crippen molar-refractivity contribution in [3.63, 3.8) is 0 Å². The SMILES string of the molecule is C[C@H](N)C1=Nc2cccc(Cl)c2S(=O)(=O)N1c1ccccc1. The van der Waals surface area contributed by atoms with Crippen LogP contribution in [0.15, 0.2) is 58.4 Å². The van der Waals surface area contributed by atoms with E-state index in [1.807, 2.05) is 6.07 Å². The summed E-state index contributed by atoms with van der Waals surface area (Å²) in [5, 5.41) is 0.144. The van der Waals surface area contributed by atoms with E-state index in [-0.39, 0.29) is 15.8 Å². The van der Waals surface area contributed by atoms with Gasteiger partial charge in [-0.15, -0.1) is 0 Å². The molecule has 2 aromatic carbocycles. The molecule has 0 spiro atoms. The van der Waals surface area contributed by atoms with Crippen molar-refractivity contribution < 1.29 is 8.42 Å². The van der Waals surface area contributed by atoms with Crippen LogP contribution >= 0.6 is 11.6 Å². The van der Waals surface area contributed by atoms with E-state index in [2.05, 4.69) is 4.99 Å². The number of amidine groups is 1. The van der Waals surface area contributed by atoms with Crippen LogP contribution in [0.25, 0.3) is 0 Å². The standard InChI is InChI=1S/C15H14ClN3O2S/c1-10(17)15-18-13-9-5-8-12(16)14(13)22(20,21)19(15)11-6-3-2-4-7-11/h2-10H,17H2,1H3/t10-/m0/s1. The maximum absolute atomic E-state index is 13.0. The van der Waals surface area contributed by atoms with Gasteiger partial charge in [-0.2, -0.15) is 0 Å². The quantitative estimate of drug-likeness (QED) is 0.916. The maximum atomic E-state index is 13.0. The van der Waals surface area contributed by atoms with Crippen molar-refractivity contribution in [1.29, 1.82) is 0 Å². The van der Waals surface area contributed by atoms with Crippen molar-refractivity contribution in [1.82, 2.24) is 0 Å². The molecule has 2 N–H and O–H groups in total. The Morgan fingerprint density at radius 3 is 2.45 bits per heavy atom. The van der Waals surface area contributed by atoms with E-state index in [1.165, 1.54) is 6.07 Å². The average Bonchev–Trinajstić information content (AvgIpc) is 2.46. The summed E-state index contributed by atoms with van der Waals surface area (Å²) in [5.74, 6) is 0.265. The van der Waals surface area contributed by atoms with Crippen molar-refractivity contribution in [2.75, 3.05) is 4.31 Å². The number of sulfonamides is 1. The average molecular weight is 336 g/mol. The van der Waals surface area contributed by atoms with E-state index in [4.69, 9.17) is 17.3 Å². The van der Waals surface area contributed by atoms with Gasteiger partial charge in [0.2, 0.25) is 0 Å². The summed E-state index contributed by atoms with van der Waals surface area (Å²) >= 11 is 6.10. The van der Waals surface area contributed by atoms with Crippen molar-refractivity contribution in [3.05, 3.63) is 53.6 Å². The van der Waals surface area contributed by atoms with Crippen LogP contribution in [0.5, 0.6) is 0 Å². The zero-order valence-corrected chi connectivity index (χ0v) is 13.3. The third kappa shape index (κ3) is 2.29. The van der Waals surface area contributed by atoms with E-state index in [0.717, 1.165) is 4.31 Å². The lowest BCUT2D eigenvalue weighted by Gasteiger charge is -2.31. The normalized spacial score (nSPS) is 17.6. The summed E-state index contributed by atoms with van der Waals surface area (Å²) < 4.78 is 27.2. The summed E-state index contributed by atoms with van der Waals surface area (Å²) in [4.78, 5) is 4.42. The molecule has 3 rings (SSSR count). The monoisotopic (exact) mass is 335 g/mol. The Hall–Kier alpha value is -1.89. The van der Waals surface area contributed by atoms with Gasteiger partial charge in [-0.05, 0) is 31.2 Å². The molecule has 0 aromatic heterocycles. The highest BCUT2D eigenvalue weighted by molar-refractivity contribution is 7.94. The Morgan fingerprint density at radius 1 is 1.14 bits per heavy atom. The van der Waals surface area contributed by atoms with Gasteiger partial charge in [0.15, 0.2) is 0 Å². The van der Waals surface area contributed by atoms with Crippen LogP contribution in [-0.2, 0) is 10.0 Å². The minimum Gasteiger partial charge on any atom is -0.322 e. The third-order valence-electron chi connectivity index (χ3n) is 3.29. The second-order valence-corrected chi connectivity index (χ2v) is 7.08. The van der Waals surface area contributed by atoms with Gasteiger partial charge in [0.05, 0.1) is 22.4 Å². The highest BCUT2D eigenvalue weighted by Crippen LogP contribution is 2.39. The zero-order valence-electron chi connectivity index (χ0n) is 11.8. The number of nitrogens with two attached hydrogens (primary N) is 1.